The summed E-state index contributed by atoms with van der Waals surface area (Å²) in [5.74, 6) is -1.42. The average molecular weight is 332 g/mol. The second-order valence-electron chi connectivity index (χ2n) is 6.30. The molecular formula is C17H21FN4O2. The Morgan fingerprint density at radius 1 is 1.25 bits per heavy atom. The van der Waals surface area contributed by atoms with Crippen LogP contribution in [0.5, 0.6) is 0 Å². The van der Waals surface area contributed by atoms with Gasteiger partial charge in [-0.05, 0) is 45.4 Å². The van der Waals surface area contributed by atoms with Gasteiger partial charge in [0.05, 0.1) is 24.3 Å². The van der Waals surface area contributed by atoms with Crippen LogP contribution in [-0.2, 0) is 4.74 Å². The van der Waals surface area contributed by atoms with E-state index in [1.165, 1.54) is 12.1 Å². The molecule has 0 amide bonds. The number of carbonyl (C=O) groups excluding carboxylic acids is 1. The summed E-state index contributed by atoms with van der Waals surface area (Å²) in [6.45, 7) is 6.56. The fraction of sp³-hybridized carbons (Fsp3) is 0.471. The lowest BCUT2D eigenvalue weighted by Gasteiger charge is -2.28. The number of carbonyl (C=O) groups is 1. The molecule has 24 heavy (non-hydrogen) atoms. The zero-order chi connectivity index (χ0) is 18.4. The Labute approximate surface area is 141 Å². The highest BCUT2D eigenvalue weighted by atomic mass is 19.1. The molecule has 0 saturated carbocycles. The first-order valence-electron chi connectivity index (χ1n) is 7.42. The molecule has 1 atom stereocenters. The van der Waals surface area contributed by atoms with E-state index in [2.05, 4.69) is 16.9 Å². The Kier molecular flexibility index (Phi) is 6.42. The van der Waals surface area contributed by atoms with E-state index >= 15 is 0 Å². The topological polar surface area (TPSA) is 97.9 Å². The number of benzene rings is 1. The molecule has 0 heterocycles. The summed E-state index contributed by atoms with van der Waals surface area (Å²) in [5, 5.41) is 18.2. The summed E-state index contributed by atoms with van der Waals surface area (Å²) in [4.78, 5) is 11.9. The predicted octanol–water partition coefficient (Wildman–Crippen LogP) is 2.36. The van der Waals surface area contributed by atoms with E-state index in [9.17, 15) is 14.4 Å². The molecule has 1 rings (SSSR count). The molecule has 2 N–H and O–H groups in total. The Bertz CT molecular complexity index is 691. The molecule has 0 fully saturated rings. The molecule has 128 valence electrons. The smallest absolute Gasteiger partial charge is 0.341 e. The van der Waals surface area contributed by atoms with Gasteiger partial charge in [-0.25, -0.2) is 20.0 Å². The van der Waals surface area contributed by atoms with Crippen molar-refractivity contribution in [3.8, 4) is 12.1 Å². The van der Waals surface area contributed by atoms with Crippen LogP contribution in [0.2, 0.25) is 0 Å². The average Bonchev–Trinajstić information content (AvgIpc) is 2.53. The van der Waals surface area contributed by atoms with Gasteiger partial charge in [0, 0.05) is 6.42 Å². The molecule has 7 heteroatoms. The second kappa shape index (κ2) is 7.87. The van der Waals surface area contributed by atoms with Crippen LogP contribution < -0.4 is 10.9 Å². The third kappa shape index (κ3) is 5.62. The molecular weight excluding hydrogens is 311 g/mol. The van der Waals surface area contributed by atoms with Crippen molar-refractivity contribution in [2.75, 3.05) is 6.61 Å². The number of hydrazine groups is 1. The maximum Gasteiger partial charge on any atom is 0.341 e. The number of nitrogens with one attached hydrogen (secondary N) is 2. The SMILES string of the molecule is Cc1ccc(C(=O)OCCC(C)(C#N)NNC(C)(C)C#N)c(F)c1. The molecule has 1 aromatic rings. The van der Waals surface area contributed by atoms with Gasteiger partial charge in [-0.2, -0.15) is 10.5 Å². The van der Waals surface area contributed by atoms with Crippen molar-refractivity contribution in [1.29, 1.82) is 10.5 Å². The molecule has 0 bridgehead atoms. The number of rotatable bonds is 7. The van der Waals surface area contributed by atoms with Crippen LogP contribution >= 0.6 is 0 Å². The van der Waals surface area contributed by atoms with E-state index in [4.69, 9.17) is 10.00 Å². The maximum absolute atomic E-state index is 13.7. The van der Waals surface area contributed by atoms with E-state index in [1.54, 1.807) is 33.8 Å². The Hall–Kier alpha value is -2.48. The minimum absolute atomic E-state index is 0.0716. The van der Waals surface area contributed by atoms with Crippen LogP contribution in [0.15, 0.2) is 18.2 Å². The lowest BCUT2D eigenvalue weighted by Crippen LogP contribution is -2.57. The molecule has 0 aliphatic rings. The minimum Gasteiger partial charge on any atom is -0.462 e. The molecule has 0 saturated heterocycles. The number of ether oxygens (including phenoxy) is 1. The first-order valence-corrected chi connectivity index (χ1v) is 7.42. The molecule has 1 aromatic carbocycles. The fourth-order valence-corrected chi connectivity index (χ4v) is 1.68. The molecule has 0 aromatic heterocycles. The van der Waals surface area contributed by atoms with E-state index in [1.807, 2.05) is 6.07 Å². The van der Waals surface area contributed by atoms with Crippen molar-refractivity contribution in [1.82, 2.24) is 10.9 Å². The standard InChI is InChI=1S/C17H21FN4O2/c1-12-5-6-13(14(18)9-12)15(23)24-8-7-17(4,11-20)22-21-16(2,3)10-19/h5-6,9,21-22H,7-8H2,1-4H3. The van der Waals surface area contributed by atoms with Gasteiger partial charge >= 0.3 is 5.97 Å². The largest absolute Gasteiger partial charge is 0.462 e. The zero-order valence-corrected chi connectivity index (χ0v) is 14.2. The van der Waals surface area contributed by atoms with Crippen LogP contribution in [0.4, 0.5) is 4.39 Å². The first kappa shape index (κ1) is 19.6. The number of hydrogen-bond acceptors (Lipinski definition) is 6. The van der Waals surface area contributed by atoms with Crippen molar-refractivity contribution in [3.63, 3.8) is 0 Å². The Morgan fingerprint density at radius 3 is 2.46 bits per heavy atom. The van der Waals surface area contributed by atoms with Gasteiger partial charge in [0.1, 0.15) is 16.9 Å². The van der Waals surface area contributed by atoms with Gasteiger partial charge in [-0.1, -0.05) is 6.07 Å². The number of nitrogens with zero attached hydrogens (tertiary/aromatic N) is 2. The highest BCUT2D eigenvalue weighted by molar-refractivity contribution is 5.89. The van der Waals surface area contributed by atoms with Gasteiger partial charge < -0.3 is 4.74 Å². The van der Waals surface area contributed by atoms with E-state index in [0.717, 1.165) is 0 Å². The summed E-state index contributed by atoms with van der Waals surface area (Å²) in [7, 11) is 0. The molecule has 0 aliphatic carbocycles. The molecule has 1 unspecified atom stereocenters. The van der Waals surface area contributed by atoms with Gasteiger partial charge in [0.15, 0.2) is 0 Å². The number of esters is 1. The van der Waals surface area contributed by atoms with Crippen LogP contribution in [0, 0.1) is 35.4 Å². The normalized spacial score (nSPS) is 13.5. The van der Waals surface area contributed by atoms with Crippen LogP contribution in [0.1, 0.15) is 43.1 Å². The van der Waals surface area contributed by atoms with Crippen molar-refractivity contribution in [2.45, 2.75) is 45.2 Å². The van der Waals surface area contributed by atoms with E-state index < -0.39 is 22.9 Å². The quantitative estimate of drug-likeness (QED) is 0.587. The highest BCUT2D eigenvalue weighted by Gasteiger charge is 2.27. The van der Waals surface area contributed by atoms with Gasteiger partial charge in [0.2, 0.25) is 0 Å². The predicted molar refractivity (Wildman–Crippen MR) is 86.0 cm³/mol. The zero-order valence-electron chi connectivity index (χ0n) is 14.2. The van der Waals surface area contributed by atoms with E-state index in [0.29, 0.717) is 5.56 Å². The highest BCUT2D eigenvalue weighted by Crippen LogP contribution is 2.13. The van der Waals surface area contributed by atoms with Gasteiger partial charge in [-0.15, -0.1) is 0 Å². The third-order valence-corrected chi connectivity index (χ3v) is 3.36. The lowest BCUT2D eigenvalue weighted by molar-refractivity contribution is 0.0470. The number of hydrogen-bond donors (Lipinski definition) is 2. The number of halogens is 1. The molecule has 0 aliphatic heterocycles. The lowest BCUT2D eigenvalue weighted by atomic mass is 10.0. The van der Waals surface area contributed by atoms with Crippen molar-refractivity contribution >= 4 is 5.97 Å². The van der Waals surface area contributed by atoms with Gasteiger partial charge in [0.25, 0.3) is 0 Å². The number of nitriles is 2. The monoisotopic (exact) mass is 332 g/mol. The fourth-order valence-electron chi connectivity index (χ4n) is 1.68. The summed E-state index contributed by atoms with van der Waals surface area (Å²) < 4.78 is 18.8. The van der Waals surface area contributed by atoms with Crippen LogP contribution in [-0.4, -0.2) is 23.7 Å². The maximum atomic E-state index is 13.7. The molecule has 6 nitrogen and oxygen atoms in total. The summed E-state index contributed by atoms with van der Waals surface area (Å²) >= 11 is 0. The first-order chi connectivity index (χ1) is 11.1. The van der Waals surface area contributed by atoms with Crippen LogP contribution in [0.25, 0.3) is 0 Å². The van der Waals surface area contributed by atoms with E-state index in [-0.39, 0.29) is 18.6 Å². The summed E-state index contributed by atoms with van der Waals surface area (Å²) in [6.07, 6.45) is 0.164. The minimum atomic E-state index is -1.06. The molecule has 0 radical (unpaired) electrons. The summed E-state index contributed by atoms with van der Waals surface area (Å²) in [6, 6.07) is 8.34. The number of aryl methyl sites for hydroxylation is 1. The van der Waals surface area contributed by atoms with Crippen molar-refractivity contribution < 1.29 is 13.9 Å². The summed E-state index contributed by atoms with van der Waals surface area (Å²) in [5.41, 5.74) is 4.17. The Morgan fingerprint density at radius 2 is 1.92 bits per heavy atom. The van der Waals surface area contributed by atoms with Crippen molar-refractivity contribution in [2.24, 2.45) is 0 Å². The second-order valence-corrected chi connectivity index (χ2v) is 6.30. The Balaban J connectivity index is 2.59. The molecule has 0 spiro atoms. The van der Waals surface area contributed by atoms with Crippen LogP contribution in [0.3, 0.4) is 0 Å². The third-order valence-electron chi connectivity index (χ3n) is 3.36. The van der Waals surface area contributed by atoms with Crippen molar-refractivity contribution in [3.05, 3.63) is 35.1 Å². The van der Waals surface area contributed by atoms with Gasteiger partial charge in [-0.3, -0.25) is 0 Å².